The molecule has 2 heteroatoms. The van der Waals surface area contributed by atoms with Crippen molar-refractivity contribution in [1.29, 1.82) is 0 Å². The zero-order chi connectivity index (χ0) is 12.8. The van der Waals surface area contributed by atoms with E-state index >= 15 is 0 Å². The van der Waals surface area contributed by atoms with Crippen LogP contribution < -0.4 is 16.3 Å². The number of hydrogen-bond donors (Lipinski definition) is 1. The highest BCUT2D eigenvalue weighted by atomic mass is 31.1. The minimum absolute atomic E-state index is 0.298. The fraction of sp³-hybridized carbons (Fsp3) is 0.250. The third kappa shape index (κ3) is 3.19. The smallest absolute Gasteiger partial charge is 0.00711 e. The second-order valence-electron chi connectivity index (χ2n) is 4.47. The summed E-state index contributed by atoms with van der Waals surface area (Å²) >= 11 is 0. The fourth-order valence-electron chi connectivity index (χ4n) is 2.21. The van der Waals surface area contributed by atoms with Crippen LogP contribution in [0.1, 0.15) is 13.3 Å². The molecule has 0 bridgehead atoms. The van der Waals surface area contributed by atoms with Crippen LogP contribution in [0.25, 0.3) is 0 Å². The van der Waals surface area contributed by atoms with Gasteiger partial charge >= 0.3 is 0 Å². The quantitative estimate of drug-likeness (QED) is 0.819. The molecule has 0 aliphatic heterocycles. The van der Waals surface area contributed by atoms with Gasteiger partial charge in [-0.3, -0.25) is 0 Å². The van der Waals surface area contributed by atoms with E-state index in [1.807, 2.05) is 0 Å². The van der Waals surface area contributed by atoms with Gasteiger partial charge in [0, 0.05) is 0 Å². The van der Waals surface area contributed by atoms with E-state index in [1.54, 1.807) is 0 Å². The van der Waals surface area contributed by atoms with Gasteiger partial charge in [0.15, 0.2) is 0 Å². The minimum atomic E-state index is -0.298. The molecule has 0 amide bonds. The van der Waals surface area contributed by atoms with Gasteiger partial charge in [-0.15, -0.1) is 0 Å². The maximum atomic E-state index is 5.73. The highest BCUT2D eigenvalue weighted by Crippen LogP contribution is 2.40. The predicted octanol–water partition coefficient (Wildman–Crippen LogP) is 2.86. The van der Waals surface area contributed by atoms with Gasteiger partial charge in [0.1, 0.15) is 0 Å². The Morgan fingerprint density at radius 1 is 0.889 bits per heavy atom. The first kappa shape index (κ1) is 13.3. The van der Waals surface area contributed by atoms with Crippen LogP contribution in [0.15, 0.2) is 60.7 Å². The molecule has 1 atom stereocenters. The van der Waals surface area contributed by atoms with Gasteiger partial charge in [0.05, 0.1) is 0 Å². The maximum Gasteiger partial charge on any atom is -0.00711 e. The first-order chi connectivity index (χ1) is 8.83. The number of benzene rings is 2. The van der Waals surface area contributed by atoms with Crippen LogP contribution >= 0.6 is 7.92 Å². The second-order valence-corrected chi connectivity index (χ2v) is 7.12. The van der Waals surface area contributed by atoms with E-state index in [2.05, 4.69) is 67.6 Å². The highest BCUT2D eigenvalue weighted by Gasteiger charge is 2.19. The largest absolute Gasteiger partial charge is 0.330 e. The summed E-state index contributed by atoms with van der Waals surface area (Å²) < 4.78 is 0. The third-order valence-corrected chi connectivity index (χ3v) is 5.94. The molecule has 0 spiro atoms. The van der Waals surface area contributed by atoms with Crippen LogP contribution in [0.4, 0.5) is 0 Å². The van der Waals surface area contributed by atoms with Gasteiger partial charge < -0.3 is 5.73 Å². The maximum absolute atomic E-state index is 5.73. The molecule has 0 saturated carbocycles. The van der Waals surface area contributed by atoms with Crippen LogP contribution in [-0.2, 0) is 0 Å². The molecule has 1 nitrogen and oxygen atoms in total. The van der Waals surface area contributed by atoms with Crippen LogP contribution in [0.3, 0.4) is 0 Å². The summed E-state index contributed by atoms with van der Waals surface area (Å²) in [4.78, 5) is 0. The average molecular weight is 257 g/mol. The van der Waals surface area contributed by atoms with Crippen molar-refractivity contribution >= 4 is 18.5 Å². The van der Waals surface area contributed by atoms with Crippen LogP contribution in [-0.4, -0.2) is 12.2 Å². The number of rotatable bonds is 5. The van der Waals surface area contributed by atoms with E-state index in [-0.39, 0.29) is 7.92 Å². The normalized spacial score (nSPS) is 12.6. The van der Waals surface area contributed by atoms with Gasteiger partial charge in [-0.2, -0.15) is 0 Å². The van der Waals surface area contributed by atoms with Crippen molar-refractivity contribution in [3.8, 4) is 0 Å². The molecular weight excluding hydrogens is 237 g/mol. The van der Waals surface area contributed by atoms with E-state index in [1.165, 1.54) is 10.6 Å². The Hall–Kier alpha value is -1.17. The average Bonchev–Trinajstić information content (AvgIpc) is 2.42. The molecule has 2 rings (SSSR count). The summed E-state index contributed by atoms with van der Waals surface area (Å²) in [7, 11) is -0.298. The van der Waals surface area contributed by atoms with Crippen molar-refractivity contribution in [3.05, 3.63) is 60.7 Å². The Kier molecular flexibility index (Phi) is 4.92. The summed E-state index contributed by atoms with van der Waals surface area (Å²) in [6.45, 7) is 3.08. The Morgan fingerprint density at radius 3 is 1.72 bits per heavy atom. The van der Waals surface area contributed by atoms with Gasteiger partial charge in [-0.25, -0.2) is 0 Å². The molecular formula is C16H20NP. The summed E-state index contributed by atoms with van der Waals surface area (Å²) in [5.74, 6) is 0. The van der Waals surface area contributed by atoms with Crippen molar-refractivity contribution in [2.24, 2.45) is 5.73 Å². The van der Waals surface area contributed by atoms with Gasteiger partial charge in [-0.05, 0) is 37.2 Å². The lowest BCUT2D eigenvalue weighted by Crippen LogP contribution is -2.21. The van der Waals surface area contributed by atoms with Gasteiger partial charge in [0.2, 0.25) is 0 Å². The first-order valence-electron chi connectivity index (χ1n) is 6.42. The molecule has 0 fully saturated rings. The lowest BCUT2D eigenvalue weighted by Gasteiger charge is -2.25. The van der Waals surface area contributed by atoms with Crippen molar-refractivity contribution in [2.45, 2.75) is 19.0 Å². The highest BCUT2D eigenvalue weighted by molar-refractivity contribution is 7.73. The molecule has 2 N–H and O–H groups in total. The SMILES string of the molecule is C[C@@H](CCN)P(c1ccccc1)c1ccccc1. The standard InChI is InChI=1S/C16H20NP/c1-14(12-13-17)18(15-8-4-2-5-9-15)16-10-6-3-7-11-16/h2-11,14H,12-13,17H2,1H3/t14-/m0/s1. The third-order valence-electron chi connectivity index (χ3n) is 3.09. The van der Waals surface area contributed by atoms with E-state index < -0.39 is 0 Å². The summed E-state index contributed by atoms with van der Waals surface area (Å²) in [6, 6.07) is 21.6. The molecule has 94 valence electrons. The molecule has 0 radical (unpaired) electrons. The van der Waals surface area contributed by atoms with Gasteiger partial charge in [-0.1, -0.05) is 67.6 Å². The van der Waals surface area contributed by atoms with Crippen LogP contribution in [0.5, 0.6) is 0 Å². The number of hydrogen-bond acceptors (Lipinski definition) is 1. The Labute approximate surface area is 111 Å². The zero-order valence-corrected chi connectivity index (χ0v) is 11.7. The molecule has 0 aliphatic rings. The van der Waals surface area contributed by atoms with Crippen LogP contribution in [0, 0.1) is 0 Å². The molecule has 0 unspecified atom stereocenters. The predicted molar refractivity (Wildman–Crippen MR) is 82.2 cm³/mol. The summed E-state index contributed by atoms with van der Waals surface area (Å²) in [5, 5.41) is 2.89. The van der Waals surface area contributed by atoms with E-state index in [0.717, 1.165) is 13.0 Å². The monoisotopic (exact) mass is 257 g/mol. The molecule has 0 aromatic heterocycles. The van der Waals surface area contributed by atoms with Gasteiger partial charge in [0.25, 0.3) is 0 Å². The zero-order valence-electron chi connectivity index (χ0n) is 10.8. The minimum Gasteiger partial charge on any atom is -0.330 e. The van der Waals surface area contributed by atoms with Crippen molar-refractivity contribution in [1.82, 2.24) is 0 Å². The molecule has 18 heavy (non-hydrogen) atoms. The van der Waals surface area contributed by atoms with Crippen molar-refractivity contribution < 1.29 is 0 Å². The van der Waals surface area contributed by atoms with Crippen LogP contribution in [0.2, 0.25) is 0 Å². The summed E-state index contributed by atoms with van der Waals surface area (Å²) in [6.07, 6.45) is 1.08. The van der Waals surface area contributed by atoms with E-state index in [4.69, 9.17) is 5.73 Å². The second kappa shape index (κ2) is 6.68. The molecule has 0 heterocycles. The molecule has 0 aliphatic carbocycles. The van der Waals surface area contributed by atoms with Crippen molar-refractivity contribution in [2.75, 3.05) is 6.54 Å². The molecule has 2 aromatic carbocycles. The molecule has 0 saturated heterocycles. The lowest BCUT2D eigenvalue weighted by molar-refractivity contribution is 0.818. The Balaban J connectivity index is 2.35. The fourth-order valence-corrected chi connectivity index (χ4v) is 4.92. The summed E-state index contributed by atoms with van der Waals surface area (Å²) in [5.41, 5.74) is 6.35. The van der Waals surface area contributed by atoms with E-state index in [9.17, 15) is 0 Å². The molecule has 2 aromatic rings. The Morgan fingerprint density at radius 2 is 1.33 bits per heavy atom. The van der Waals surface area contributed by atoms with E-state index in [0.29, 0.717) is 5.66 Å². The Bertz CT molecular complexity index is 416. The topological polar surface area (TPSA) is 26.0 Å². The lowest BCUT2D eigenvalue weighted by atomic mass is 10.3. The number of nitrogens with two attached hydrogens (primary N) is 1. The first-order valence-corrected chi connectivity index (χ1v) is 7.83. The van der Waals surface area contributed by atoms with Crippen molar-refractivity contribution in [3.63, 3.8) is 0 Å².